The van der Waals surface area contributed by atoms with Crippen LogP contribution in [-0.4, -0.2) is 35.3 Å². The Hall–Kier alpha value is -3.83. The normalized spacial score (nSPS) is 11.9. The summed E-state index contributed by atoms with van der Waals surface area (Å²) in [6, 6.07) is 2.83. The maximum Gasteiger partial charge on any atom is 0.416 e. The van der Waals surface area contributed by atoms with E-state index in [4.69, 9.17) is 0 Å². The van der Waals surface area contributed by atoms with Gasteiger partial charge in [-0.1, -0.05) is 0 Å². The molecule has 0 saturated heterocycles. The van der Waals surface area contributed by atoms with Gasteiger partial charge in [0, 0.05) is 11.9 Å². The zero-order chi connectivity index (χ0) is 21.5. The fourth-order valence-electron chi connectivity index (χ4n) is 3.01. The van der Waals surface area contributed by atoms with Crippen molar-refractivity contribution in [3.63, 3.8) is 0 Å². The summed E-state index contributed by atoms with van der Waals surface area (Å²) >= 11 is 0. The van der Waals surface area contributed by atoms with E-state index in [-0.39, 0.29) is 35.4 Å². The molecule has 0 saturated carbocycles. The van der Waals surface area contributed by atoms with Gasteiger partial charge in [-0.25, -0.2) is 4.98 Å². The number of nitrogens with zero attached hydrogens (tertiary/aromatic N) is 6. The number of carbonyl (C=O) groups excluding carboxylic acids is 1. The van der Waals surface area contributed by atoms with Gasteiger partial charge in [0.1, 0.15) is 17.8 Å². The van der Waals surface area contributed by atoms with E-state index in [1.807, 2.05) is 0 Å². The number of amides is 1. The number of fused-ring (bicyclic) bond motifs is 2. The summed E-state index contributed by atoms with van der Waals surface area (Å²) in [5, 5.41) is 14.2. The number of aromatic nitrogens is 6. The molecule has 30 heavy (non-hydrogen) atoms. The maximum absolute atomic E-state index is 13.0. The highest BCUT2D eigenvalue weighted by Crippen LogP contribution is 2.30. The molecule has 12 heteroatoms. The molecule has 1 amide bonds. The summed E-state index contributed by atoms with van der Waals surface area (Å²) < 4.78 is 41.9. The fourth-order valence-corrected chi connectivity index (χ4v) is 3.01. The van der Waals surface area contributed by atoms with E-state index in [2.05, 4.69) is 25.6 Å². The zero-order valence-corrected chi connectivity index (χ0v) is 15.5. The van der Waals surface area contributed by atoms with Gasteiger partial charge in [-0.3, -0.25) is 18.7 Å². The number of alkyl halides is 3. The molecular weight excluding hydrogens is 403 g/mol. The SMILES string of the molecule is CCn1nc(CC(=O)Nc2cn3cnnc3cn2)c(=O)c2ccc(C(F)(F)F)cc21. The van der Waals surface area contributed by atoms with Crippen molar-refractivity contribution in [2.75, 3.05) is 5.32 Å². The molecule has 1 N–H and O–H groups in total. The number of halogens is 3. The lowest BCUT2D eigenvalue weighted by Crippen LogP contribution is -2.25. The predicted molar refractivity (Wildman–Crippen MR) is 99.8 cm³/mol. The van der Waals surface area contributed by atoms with Gasteiger partial charge in [-0.05, 0) is 25.1 Å². The van der Waals surface area contributed by atoms with Crippen molar-refractivity contribution in [2.24, 2.45) is 0 Å². The first kappa shape index (κ1) is 19.5. The van der Waals surface area contributed by atoms with Gasteiger partial charge in [0.15, 0.2) is 5.65 Å². The van der Waals surface area contributed by atoms with Crippen molar-refractivity contribution in [3.05, 3.63) is 58.4 Å². The second kappa shape index (κ2) is 7.21. The number of hydrogen-bond donors (Lipinski definition) is 1. The molecule has 0 aliphatic heterocycles. The third kappa shape index (κ3) is 3.58. The summed E-state index contributed by atoms with van der Waals surface area (Å²) in [5.74, 6) is -0.327. The monoisotopic (exact) mass is 417 g/mol. The molecule has 0 aliphatic rings. The molecule has 4 rings (SSSR count). The smallest absolute Gasteiger partial charge is 0.309 e. The van der Waals surface area contributed by atoms with Crippen LogP contribution in [0.15, 0.2) is 41.7 Å². The van der Waals surface area contributed by atoms with Gasteiger partial charge in [0.2, 0.25) is 11.3 Å². The Morgan fingerprint density at radius 1 is 1.27 bits per heavy atom. The molecule has 0 radical (unpaired) electrons. The molecule has 0 aliphatic carbocycles. The van der Waals surface area contributed by atoms with Crippen LogP contribution in [0.5, 0.6) is 0 Å². The molecular formula is C18H14F3N7O2. The standard InChI is InChI=1S/C18H14F3N7O2/c1-2-28-13-5-10(18(19,20)21)3-4-11(13)17(30)12(26-28)6-16(29)24-14-8-27-9-23-25-15(27)7-22-14/h3-5,7-9H,2,6H2,1H3,(H,24,29). The minimum Gasteiger partial charge on any atom is -0.309 e. The van der Waals surface area contributed by atoms with Crippen LogP contribution in [0.2, 0.25) is 0 Å². The largest absolute Gasteiger partial charge is 0.416 e. The van der Waals surface area contributed by atoms with E-state index in [1.165, 1.54) is 23.4 Å². The Morgan fingerprint density at radius 3 is 2.80 bits per heavy atom. The summed E-state index contributed by atoms with van der Waals surface area (Å²) in [6.45, 7) is 1.90. The maximum atomic E-state index is 13.0. The van der Waals surface area contributed by atoms with Crippen molar-refractivity contribution in [1.29, 1.82) is 0 Å². The molecule has 4 aromatic rings. The molecule has 0 spiro atoms. The van der Waals surface area contributed by atoms with Crippen LogP contribution in [0.1, 0.15) is 18.2 Å². The Bertz CT molecular complexity index is 1330. The lowest BCUT2D eigenvalue weighted by molar-refractivity contribution is -0.137. The van der Waals surface area contributed by atoms with Gasteiger partial charge >= 0.3 is 6.18 Å². The first-order chi connectivity index (χ1) is 14.3. The molecule has 0 atom stereocenters. The van der Waals surface area contributed by atoms with Crippen molar-refractivity contribution >= 4 is 28.3 Å². The van der Waals surface area contributed by atoms with Gasteiger partial charge in [0.25, 0.3) is 0 Å². The van der Waals surface area contributed by atoms with Crippen LogP contribution in [0.3, 0.4) is 0 Å². The Kier molecular flexibility index (Phi) is 4.68. The van der Waals surface area contributed by atoms with Crippen LogP contribution in [0, 0.1) is 0 Å². The van der Waals surface area contributed by atoms with Gasteiger partial charge in [-0.2, -0.15) is 18.3 Å². The quantitative estimate of drug-likeness (QED) is 0.545. The lowest BCUT2D eigenvalue weighted by atomic mass is 10.1. The number of aryl methyl sites for hydroxylation is 1. The number of carbonyl (C=O) groups is 1. The lowest BCUT2D eigenvalue weighted by Gasteiger charge is -2.13. The minimum absolute atomic E-state index is 0.0567. The second-order valence-corrected chi connectivity index (χ2v) is 6.42. The number of hydrogen-bond acceptors (Lipinski definition) is 6. The third-order valence-corrected chi connectivity index (χ3v) is 4.43. The summed E-state index contributed by atoms with van der Waals surface area (Å²) in [7, 11) is 0. The summed E-state index contributed by atoms with van der Waals surface area (Å²) in [4.78, 5) is 29.1. The van der Waals surface area contributed by atoms with E-state index in [9.17, 15) is 22.8 Å². The Labute approximate surface area is 166 Å². The molecule has 3 aromatic heterocycles. The van der Waals surface area contributed by atoms with Gasteiger partial charge in [-0.15, -0.1) is 10.2 Å². The van der Waals surface area contributed by atoms with Gasteiger partial charge < -0.3 is 5.32 Å². The second-order valence-electron chi connectivity index (χ2n) is 6.42. The molecule has 3 heterocycles. The van der Waals surface area contributed by atoms with Crippen molar-refractivity contribution in [1.82, 2.24) is 29.4 Å². The van der Waals surface area contributed by atoms with Crippen molar-refractivity contribution in [2.45, 2.75) is 26.1 Å². The predicted octanol–water partition coefficient (Wildman–Crippen LogP) is 2.05. The zero-order valence-electron chi connectivity index (χ0n) is 15.5. The third-order valence-electron chi connectivity index (χ3n) is 4.43. The number of benzene rings is 1. The highest BCUT2D eigenvalue weighted by Gasteiger charge is 2.31. The van der Waals surface area contributed by atoms with E-state index in [1.54, 1.807) is 11.3 Å². The van der Waals surface area contributed by atoms with Gasteiger partial charge in [0.05, 0.1) is 29.9 Å². The fraction of sp³-hybridized carbons (Fsp3) is 0.222. The number of rotatable bonds is 4. The summed E-state index contributed by atoms with van der Waals surface area (Å²) in [5.41, 5.74) is -0.999. The highest BCUT2D eigenvalue weighted by atomic mass is 19.4. The average molecular weight is 417 g/mol. The van der Waals surface area contributed by atoms with Crippen LogP contribution >= 0.6 is 0 Å². The van der Waals surface area contributed by atoms with Crippen molar-refractivity contribution < 1.29 is 18.0 Å². The average Bonchev–Trinajstić information content (AvgIpc) is 3.17. The first-order valence-electron chi connectivity index (χ1n) is 8.82. The van der Waals surface area contributed by atoms with Crippen LogP contribution in [0.25, 0.3) is 16.6 Å². The highest BCUT2D eigenvalue weighted by molar-refractivity contribution is 5.91. The summed E-state index contributed by atoms with van der Waals surface area (Å²) in [6.07, 6.45) is -0.548. The molecule has 0 unspecified atom stereocenters. The van der Waals surface area contributed by atoms with E-state index < -0.39 is 23.1 Å². The number of nitrogens with one attached hydrogen (secondary N) is 1. The number of anilines is 1. The topological polar surface area (TPSA) is 107 Å². The van der Waals surface area contributed by atoms with Crippen molar-refractivity contribution in [3.8, 4) is 0 Å². The van der Waals surface area contributed by atoms with Crippen LogP contribution in [0.4, 0.5) is 19.0 Å². The minimum atomic E-state index is -4.54. The van der Waals surface area contributed by atoms with Crippen LogP contribution < -0.4 is 10.7 Å². The molecule has 154 valence electrons. The first-order valence-corrected chi connectivity index (χ1v) is 8.82. The Balaban J connectivity index is 1.65. The molecule has 1 aromatic carbocycles. The van der Waals surface area contributed by atoms with E-state index >= 15 is 0 Å². The Morgan fingerprint density at radius 2 is 2.07 bits per heavy atom. The molecule has 0 bridgehead atoms. The molecule has 9 nitrogen and oxygen atoms in total. The van der Waals surface area contributed by atoms with Crippen LogP contribution in [-0.2, 0) is 23.9 Å². The van der Waals surface area contributed by atoms with E-state index in [0.717, 1.165) is 18.2 Å². The molecule has 0 fully saturated rings. The van der Waals surface area contributed by atoms with E-state index in [0.29, 0.717) is 5.65 Å².